The summed E-state index contributed by atoms with van der Waals surface area (Å²) in [5.41, 5.74) is 1.11. The van der Waals surface area contributed by atoms with Crippen LogP contribution in [0.25, 0.3) is 0 Å². The van der Waals surface area contributed by atoms with Gasteiger partial charge in [0.2, 0.25) is 0 Å². The van der Waals surface area contributed by atoms with Crippen LogP contribution in [0.2, 0.25) is 5.02 Å². The van der Waals surface area contributed by atoms with Crippen LogP contribution < -0.4 is 10.6 Å². The average molecular weight is 338 g/mol. The van der Waals surface area contributed by atoms with E-state index in [0.29, 0.717) is 6.54 Å². The van der Waals surface area contributed by atoms with Gasteiger partial charge in [-0.05, 0) is 30.3 Å². The number of thioether (sulfide) groups is 1. The van der Waals surface area contributed by atoms with Crippen molar-refractivity contribution in [3.8, 4) is 0 Å². The third kappa shape index (κ3) is 5.27. The zero-order valence-corrected chi connectivity index (χ0v) is 14.3. The molecule has 2 rings (SSSR count). The molecular formula is C15H20ClN5S. The molecule has 0 amide bonds. The molecule has 0 radical (unpaired) electrons. The van der Waals surface area contributed by atoms with Gasteiger partial charge in [-0.3, -0.25) is 9.67 Å². The maximum Gasteiger partial charge on any atom is 0.191 e. The van der Waals surface area contributed by atoms with E-state index < -0.39 is 0 Å². The number of nitrogens with one attached hydrogen (secondary N) is 2. The van der Waals surface area contributed by atoms with Crippen LogP contribution in [0, 0.1) is 0 Å². The summed E-state index contributed by atoms with van der Waals surface area (Å²) in [5.74, 6) is 1.74. The summed E-state index contributed by atoms with van der Waals surface area (Å²) in [6, 6.07) is 9.86. The Morgan fingerprint density at radius 3 is 2.68 bits per heavy atom. The Bertz CT molecular complexity index is 609. The van der Waals surface area contributed by atoms with E-state index >= 15 is 0 Å². The molecule has 2 N–H and O–H groups in total. The standard InChI is InChI=1S/C15H20ClN5S/c1-17-15(19-11-13-7-8-20-21(13)2)18-9-10-22-14-5-3-12(16)4-6-14/h3-8H,9-11H2,1-2H3,(H2,17,18,19). The quantitative estimate of drug-likeness (QED) is 0.368. The summed E-state index contributed by atoms with van der Waals surface area (Å²) >= 11 is 7.65. The van der Waals surface area contributed by atoms with Crippen molar-refractivity contribution in [1.29, 1.82) is 0 Å². The van der Waals surface area contributed by atoms with Crippen LogP contribution in [-0.2, 0) is 13.6 Å². The summed E-state index contributed by atoms with van der Waals surface area (Å²) in [5, 5.41) is 11.5. The number of aromatic nitrogens is 2. The van der Waals surface area contributed by atoms with E-state index in [0.717, 1.165) is 29.0 Å². The van der Waals surface area contributed by atoms with E-state index in [1.165, 1.54) is 4.90 Å². The van der Waals surface area contributed by atoms with Gasteiger partial charge in [-0.25, -0.2) is 0 Å². The lowest BCUT2D eigenvalue weighted by Crippen LogP contribution is -2.38. The van der Waals surface area contributed by atoms with Crippen LogP contribution in [0.5, 0.6) is 0 Å². The van der Waals surface area contributed by atoms with Gasteiger partial charge >= 0.3 is 0 Å². The molecule has 2 aromatic rings. The van der Waals surface area contributed by atoms with Crippen LogP contribution in [0.1, 0.15) is 5.69 Å². The monoisotopic (exact) mass is 337 g/mol. The minimum absolute atomic E-state index is 0.695. The lowest BCUT2D eigenvalue weighted by molar-refractivity contribution is 0.686. The fourth-order valence-electron chi connectivity index (χ4n) is 1.84. The number of hydrogen-bond acceptors (Lipinski definition) is 3. The molecule has 0 atom stereocenters. The fraction of sp³-hybridized carbons (Fsp3) is 0.333. The van der Waals surface area contributed by atoms with Crippen molar-refractivity contribution in [3.63, 3.8) is 0 Å². The molecule has 0 aliphatic heterocycles. The van der Waals surface area contributed by atoms with Gasteiger partial charge in [0.15, 0.2) is 5.96 Å². The van der Waals surface area contributed by atoms with Gasteiger partial charge in [0.05, 0.1) is 12.2 Å². The SMILES string of the molecule is CN=C(NCCSc1ccc(Cl)cc1)NCc1ccnn1C. The van der Waals surface area contributed by atoms with Crippen LogP contribution in [0.4, 0.5) is 0 Å². The molecule has 0 spiro atoms. The highest BCUT2D eigenvalue weighted by atomic mass is 35.5. The van der Waals surface area contributed by atoms with Gasteiger partial charge in [0.1, 0.15) is 0 Å². The van der Waals surface area contributed by atoms with Gasteiger partial charge in [-0.2, -0.15) is 5.10 Å². The van der Waals surface area contributed by atoms with Crippen molar-refractivity contribution in [3.05, 3.63) is 47.2 Å². The summed E-state index contributed by atoms with van der Waals surface area (Å²) in [4.78, 5) is 5.42. The molecule has 1 aromatic heterocycles. The van der Waals surface area contributed by atoms with Crippen molar-refractivity contribution in [2.45, 2.75) is 11.4 Å². The maximum atomic E-state index is 5.87. The van der Waals surface area contributed by atoms with E-state index in [9.17, 15) is 0 Å². The fourth-order valence-corrected chi connectivity index (χ4v) is 2.73. The molecule has 0 unspecified atom stereocenters. The Morgan fingerprint density at radius 2 is 2.05 bits per heavy atom. The predicted octanol–water partition coefficient (Wildman–Crippen LogP) is 2.53. The Balaban J connectivity index is 1.68. The number of aliphatic imine (C=N–C) groups is 1. The third-order valence-electron chi connectivity index (χ3n) is 3.06. The van der Waals surface area contributed by atoms with E-state index in [2.05, 4.69) is 20.7 Å². The van der Waals surface area contributed by atoms with Crippen molar-refractivity contribution in [2.75, 3.05) is 19.3 Å². The zero-order valence-electron chi connectivity index (χ0n) is 12.7. The normalized spacial score (nSPS) is 11.5. The minimum Gasteiger partial charge on any atom is -0.356 e. The Morgan fingerprint density at radius 1 is 1.27 bits per heavy atom. The van der Waals surface area contributed by atoms with Crippen molar-refractivity contribution < 1.29 is 0 Å². The molecule has 0 aliphatic carbocycles. The number of hydrogen-bond donors (Lipinski definition) is 2. The molecule has 1 heterocycles. The molecule has 0 fully saturated rings. The summed E-state index contributed by atoms with van der Waals surface area (Å²) < 4.78 is 1.84. The number of rotatable bonds is 6. The van der Waals surface area contributed by atoms with E-state index in [1.807, 2.05) is 42.1 Å². The second-order valence-electron chi connectivity index (χ2n) is 4.60. The van der Waals surface area contributed by atoms with E-state index in [-0.39, 0.29) is 0 Å². The lowest BCUT2D eigenvalue weighted by Gasteiger charge is -2.11. The summed E-state index contributed by atoms with van der Waals surface area (Å²) in [6.07, 6.45) is 1.79. The minimum atomic E-state index is 0.695. The molecule has 7 heteroatoms. The number of aryl methyl sites for hydroxylation is 1. The average Bonchev–Trinajstić information content (AvgIpc) is 2.93. The first-order valence-electron chi connectivity index (χ1n) is 6.99. The van der Waals surface area contributed by atoms with Gasteiger partial charge in [0, 0.05) is 42.5 Å². The number of nitrogens with zero attached hydrogens (tertiary/aromatic N) is 3. The number of benzene rings is 1. The largest absolute Gasteiger partial charge is 0.356 e. The van der Waals surface area contributed by atoms with Gasteiger partial charge < -0.3 is 10.6 Å². The maximum absolute atomic E-state index is 5.87. The number of guanidine groups is 1. The highest BCUT2D eigenvalue weighted by Gasteiger charge is 2.01. The predicted molar refractivity (Wildman–Crippen MR) is 93.6 cm³/mol. The van der Waals surface area contributed by atoms with Gasteiger partial charge in [-0.1, -0.05) is 11.6 Å². The van der Waals surface area contributed by atoms with Crippen molar-refractivity contribution in [2.24, 2.45) is 12.0 Å². The zero-order chi connectivity index (χ0) is 15.8. The van der Waals surface area contributed by atoms with Crippen LogP contribution in [-0.4, -0.2) is 35.1 Å². The molecule has 0 bridgehead atoms. The Kier molecular flexibility index (Phi) is 6.61. The Hall–Kier alpha value is -1.66. The van der Waals surface area contributed by atoms with E-state index in [1.54, 1.807) is 25.0 Å². The first kappa shape index (κ1) is 16.7. The third-order valence-corrected chi connectivity index (χ3v) is 4.33. The molecule has 1 aromatic carbocycles. The Labute approximate surface area is 140 Å². The molecule has 118 valence electrons. The second kappa shape index (κ2) is 8.70. The topological polar surface area (TPSA) is 54.2 Å². The van der Waals surface area contributed by atoms with Crippen molar-refractivity contribution >= 4 is 29.3 Å². The summed E-state index contributed by atoms with van der Waals surface area (Å²) in [6.45, 7) is 1.53. The van der Waals surface area contributed by atoms with Gasteiger partial charge in [0.25, 0.3) is 0 Å². The summed E-state index contributed by atoms with van der Waals surface area (Å²) in [7, 11) is 3.70. The highest BCUT2D eigenvalue weighted by molar-refractivity contribution is 7.99. The molecule has 5 nitrogen and oxygen atoms in total. The first-order chi connectivity index (χ1) is 10.7. The number of halogens is 1. The highest BCUT2D eigenvalue weighted by Crippen LogP contribution is 2.19. The molecular weight excluding hydrogens is 318 g/mol. The molecule has 0 saturated heterocycles. The molecule has 0 aliphatic rings. The van der Waals surface area contributed by atoms with Crippen LogP contribution in [0.3, 0.4) is 0 Å². The first-order valence-corrected chi connectivity index (χ1v) is 8.35. The van der Waals surface area contributed by atoms with Gasteiger partial charge in [-0.15, -0.1) is 11.8 Å². The second-order valence-corrected chi connectivity index (χ2v) is 6.21. The van der Waals surface area contributed by atoms with E-state index in [4.69, 9.17) is 11.6 Å². The smallest absolute Gasteiger partial charge is 0.191 e. The lowest BCUT2D eigenvalue weighted by atomic mass is 10.4. The van der Waals surface area contributed by atoms with Crippen molar-refractivity contribution in [1.82, 2.24) is 20.4 Å². The molecule has 0 saturated carbocycles. The molecule has 22 heavy (non-hydrogen) atoms. The van der Waals surface area contributed by atoms with Crippen LogP contribution >= 0.6 is 23.4 Å². The van der Waals surface area contributed by atoms with Crippen LogP contribution in [0.15, 0.2) is 46.4 Å².